The van der Waals surface area contributed by atoms with Crippen LogP contribution in [0, 0.1) is 13.8 Å². The highest BCUT2D eigenvalue weighted by Gasteiger charge is 2.21. The number of benzene rings is 2. The minimum atomic E-state index is -0.890. The molecule has 2 aromatic carbocycles. The Morgan fingerprint density at radius 2 is 0.977 bits per heavy atom. The Morgan fingerprint density at radius 1 is 0.636 bits per heavy atom. The van der Waals surface area contributed by atoms with Gasteiger partial charge < -0.3 is 30.3 Å². The van der Waals surface area contributed by atoms with Gasteiger partial charge in [0.2, 0.25) is 0 Å². The molecule has 0 heterocycles. The van der Waals surface area contributed by atoms with Gasteiger partial charge in [-0.15, -0.1) is 0 Å². The van der Waals surface area contributed by atoms with E-state index in [0.29, 0.717) is 12.8 Å². The number of esters is 2. The third kappa shape index (κ3) is 11.2. The van der Waals surface area contributed by atoms with Gasteiger partial charge in [0.25, 0.3) is 0 Å². The van der Waals surface area contributed by atoms with E-state index < -0.39 is 23.8 Å². The fourth-order valence-electron chi connectivity index (χ4n) is 4.65. The third-order valence-corrected chi connectivity index (χ3v) is 7.23. The molecule has 0 fully saturated rings. The van der Waals surface area contributed by atoms with Gasteiger partial charge >= 0.3 is 23.8 Å². The Hall–Kier alpha value is -4.08. The van der Waals surface area contributed by atoms with Gasteiger partial charge in [0.1, 0.15) is 24.7 Å². The van der Waals surface area contributed by atoms with Crippen molar-refractivity contribution in [1.29, 1.82) is 0 Å². The monoisotopic (exact) mass is 612 g/mol. The maximum atomic E-state index is 12.2. The fourth-order valence-corrected chi connectivity index (χ4v) is 4.65. The lowest BCUT2D eigenvalue weighted by Gasteiger charge is -2.22. The van der Waals surface area contributed by atoms with Crippen LogP contribution in [-0.4, -0.2) is 60.3 Å². The Balaban J connectivity index is 1.64. The summed E-state index contributed by atoms with van der Waals surface area (Å²) < 4.78 is 10.3. The molecule has 44 heavy (non-hydrogen) atoms. The molecule has 0 aliphatic carbocycles. The molecule has 10 heteroatoms. The second-order valence-electron chi connectivity index (χ2n) is 13.0. The molecule has 0 radical (unpaired) electrons. The third-order valence-electron chi connectivity index (χ3n) is 7.23. The quantitative estimate of drug-likeness (QED) is 0.158. The van der Waals surface area contributed by atoms with Crippen molar-refractivity contribution < 1.29 is 38.9 Å². The Morgan fingerprint density at radius 3 is 1.30 bits per heavy atom. The van der Waals surface area contributed by atoms with Crippen molar-refractivity contribution in [3.05, 3.63) is 57.6 Å². The van der Waals surface area contributed by atoms with Crippen LogP contribution in [0.4, 0.5) is 0 Å². The molecule has 2 aromatic rings. The molecule has 0 aromatic heterocycles. The molecule has 0 atom stereocenters. The van der Waals surface area contributed by atoms with Gasteiger partial charge in [0.15, 0.2) is 0 Å². The molecule has 0 unspecified atom stereocenters. The van der Waals surface area contributed by atoms with E-state index in [2.05, 4.69) is 10.6 Å². The van der Waals surface area contributed by atoms with Gasteiger partial charge in [-0.3, -0.25) is 19.2 Å². The van der Waals surface area contributed by atoms with Crippen molar-refractivity contribution in [1.82, 2.24) is 10.6 Å². The second kappa shape index (κ2) is 15.6. The zero-order valence-corrected chi connectivity index (χ0v) is 27.3. The Labute approximate surface area is 260 Å². The van der Waals surface area contributed by atoms with E-state index in [0.717, 1.165) is 33.4 Å². The molecule has 0 aliphatic rings. The number of ether oxygens (including phenoxy) is 2. The topological polar surface area (TPSA) is 151 Å². The van der Waals surface area contributed by atoms with Crippen LogP contribution >= 0.6 is 0 Å². The highest BCUT2D eigenvalue weighted by atomic mass is 16.5. The second-order valence-corrected chi connectivity index (χ2v) is 13.0. The van der Waals surface area contributed by atoms with Crippen molar-refractivity contribution in [2.45, 2.75) is 91.9 Å². The lowest BCUT2D eigenvalue weighted by molar-refractivity contribution is -0.145. The highest BCUT2D eigenvalue weighted by molar-refractivity contribution is 6.35. The summed E-state index contributed by atoms with van der Waals surface area (Å²) >= 11 is 0. The van der Waals surface area contributed by atoms with Crippen LogP contribution in [0.2, 0.25) is 0 Å². The number of carbonyl (C=O) groups is 4. The van der Waals surface area contributed by atoms with Crippen molar-refractivity contribution in [2.24, 2.45) is 0 Å². The Bertz CT molecular complexity index is 1250. The predicted octanol–water partition coefficient (Wildman–Crippen LogP) is 4.19. The SMILES string of the molecule is Cc1cc(O)c(C(C)(C)C)cc1CCC(=O)OCCNC(=O)C(=O)NCCOC(=O)CCc1cc(C(C)(C)C)c(O)cc1C. The molecule has 2 amide bonds. The van der Waals surface area contributed by atoms with Crippen LogP contribution in [0.15, 0.2) is 24.3 Å². The van der Waals surface area contributed by atoms with Crippen LogP contribution < -0.4 is 10.6 Å². The summed E-state index contributed by atoms with van der Waals surface area (Å²) in [7, 11) is 0. The van der Waals surface area contributed by atoms with Gasteiger partial charge in [-0.05, 0) is 83.0 Å². The lowest BCUT2D eigenvalue weighted by atomic mass is 9.84. The molecule has 0 aliphatic heterocycles. The lowest BCUT2D eigenvalue weighted by Crippen LogP contribution is -2.42. The van der Waals surface area contributed by atoms with E-state index in [1.54, 1.807) is 12.1 Å². The summed E-state index contributed by atoms with van der Waals surface area (Å²) in [5.74, 6) is -2.20. The molecule has 242 valence electrons. The first kappa shape index (κ1) is 36.1. The minimum Gasteiger partial charge on any atom is -0.508 e. The van der Waals surface area contributed by atoms with E-state index in [1.165, 1.54) is 0 Å². The minimum absolute atomic E-state index is 0.0347. The number of phenols is 2. The van der Waals surface area contributed by atoms with Gasteiger partial charge in [-0.1, -0.05) is 53.7 Å². The predicted molar refractivity (Wildman–Crippen MR) is 168 cm³/mol. The number of nitrogens with one attached hydrogen (secondary N) is 2. The summed E-state index contributed by atoms with van der Waals surface area (Å²) in [6.07, 6.45) is 1.16. The standard InChI is InChI=1S/C34H48N2O8/c1-21-17-27(37)25(33(3,4)5)19-23(21)9-11-29(39)43-15-13-35-31(41)32(42)36-14-16-44-30(40)12-10-24-20-26(34(6,7)8)28(38)18-22(24)2/h17-20,37-38H,9-16H2,1-8H3,(H,35,41)(H,36,42). The van der Waals surface area contributed by atoms with Crippen LogP contribution in [0.3, 0.4) is 0 Å². The molecule has 0 saturated heterocycles. The number of carbonyl (C=O) groups excluding carboxylic acids is 4. The number of aromatic hydroxyl groups is 2. The van der Waals surface area contributed by atoms with E-state index >= 15 is 0 Å². The molecular weight excluding hydrogens is 564 g/mol. The van der Waals surface area contributed by atoms with Crippen molar-refractivity contribution >= 4 is 23.8 Å². The summed E-state index contributed by atoms with van der Waals surface area (Å²) in [6, 6.07) is 7.24. The molecule has 10 nitrogen and oxygen atoms in total. The number of phenolic OH excluding ortho intramolecular Hbond substituents is 2. The number of aryl methyl sites for hydroxylation is 4. The normalized spacial score (nSPS) is 11.5. The van der Waals surface area contributed by atoms with Gasteiger partial charge in [0.05, 0.1) is 13.1 Å². The molecular formula is C34H48N2O8. The van der Waals surface area contributed by atoms with Crippen LogP contribution in [-0.2, 0) is 52.3 Å². The van der Waals surface area contributed by atoms with Gasteiger partial charge in [-0.2, -0.15) is 0 Å². The van der Waals surface area contributed by atoms with Crippen molar-refractivity contribution in [3.63, 3.8) is 0 Å². The summed E-state index contributed by atoms with van der Waals surface area (Å²) in [6.45, 7) is 15.5. The first-order chi connectivity index (χ1) is 20.4. The maximum absolute atomic E-state index is 12.2. The average molecular weight is 613 g/mol. The largest absolute Gasteiger partial charge is 0.508 e. The number of hydrogen-bond donors (Lipinski definition) is 4. The highest BCUT2D eigenvalue weighted by Crippen LogP contribution is 2.34. The molecule has 4 N–H and O–H groups in total. The van der Waals surface area contributed by atoms with Gasteiger partial charge in [0, 0.05) is 12.8 Å². The zero-order chi connectivity index (χ0) is 33.2. The smallest absolute Gasteiger partial charge is 0.309 e. The number of hydrogen-bond acceptors (Lipinski definition) is 8. The molecule has 2 rings (SSSR count). The Kier molecular flexibility index (Phi) is 12.8. The fraction of sp³-hybridized carbons (Fsp3) is 0.529. The summed E-state index contributed by atoms with van der Waals surface area (Å²) in [5.41, 5.74) is 4.79. The van der Waals surface area contributed by atoms with Crippen LogP contribution in [0.5, 0.6) is 11.5 Å². The average Bonchev–Trinajstić information content (AvgIpc) is 2.90. The van der Waals surface area contributed by atoms with Crippen LogP contribution in [0.25, 0.3) is 0 Å². The first-order valence-electron chi connectivity index (χ1n) is 14.9. The first-order valence-corrected chi connectivity index (χ1v) is 14.9. The van der Waals surface area contributed by atoms with Crippen molar-refractivity contribution in [3.8, 4) is 11.5 Å². The molecule has 0 spiro atoms. The number of amides is 2. The van der Waals surface area contributed by atoms with Crippen molar-refractivity contribution in [2.75, 3.05) is 26.3 Å². The van der Waals surface area contributed by atoms with E-state index in [1.807, 2.05) is 67.5 Å². The van der Waals surface area contributed by atoms with Crippen LogP contribution in [0.1, 0.15) is 87.8 Å². The van der Waals surface area contributed by atoms with E-state index in [-0.39, 0.29) is 61.5 Å². The van der Waals surface area contributed by atoms with E-state index in [9.17, 15) is 29.4 Å². The summed E-state index contributed by atoms with van der Waals surface area (Å²) in [5, 5.41) is 25.3. The molecule has 0 saturated carbocycles. The summed E-state index contributed by atoms with van der Waals surface area (Å²) in [4.78, 5) is 48.4. The maximum Gasteiger partial charge on any atom is 0.309 e. The number of rotatable bonds is 12. The van der Waals surface area contributed by atoms with E-state index in [4.69, 9.17) is 9.47 Å². The molecule has 0 bridgehead atoms. The van der Waals surface area contributed by atoms with Gasteiger partial charge in [-0.25, -0.2) is 0 Å². The zero-order valence-electron chi connectivity index (χ0n) is 27.3.